The summed E-state index contributed by atoms with van der Waals surface area (Å²) < 4.78 is 60.4. The van der Waals surface area contributed by atoms with Crippen LogP contribution in [0.2, 0.25) is 19.6 Å². The number of hydrogen-bond acceptors (Lipinski definition) is 2. The average molecular weight is 426 g/mol. The van der Waals surface area contributed by atoms with Crippen molar-refractivity contribution in [1.29, 1.82) is 0 Å². The maximum Gasteiger partial charge on any atom is 0.518 e. The van der Waals surface area contributed by atoms with E-state index in [-0.39, 0.29) is 0 Å². The second-order valence-electron chi connectivity index (χ2n) is 3.85. The molecule has 0 spiro atoms. The highest BCUT2D eigenvalue weighted by molar-refractivity contribution is 9.71. The molecular weight excluding hydrogens is 416 g/mol. The van der Waals surface area contributed by atoms with Gasteiger partial charge in [0.2, 0.25) is 0 Å². The van der Waals surface area contributed by atoms with E-state index in [9.17, 15) is 21.6 Å². The van der Waals surface area contributed by atoms with Gasteiger partial charge >= 0.3 is 15.5 Å². The normalized spacial score (nSPS) is 15.0. The van der Waals surface area contributed by atoms with E-state index in [1.807, 2.05) is 0 Å². The first-order valence-electron chi connectivity index (χ1n) is 3.80. The van der Waals surface area contributed by atoms with E-state index in [1.54, 1.807) is 19.6 Å². The molecule has 0 fully saturated rings. The van der Waals surface area contributed by atoms with Gasteiger partial charge in [0.05, 0.1) is 0 Å². The largest absolute Gasteiger partial charge is 0.518 e. The van der Waals surface area contributed by atoms with Gasteiger partial charge in [0, 0.05) is 0 Å². The Hall–Kier alpha value is 1.11. The van der Waals surface area contributed by atoms with Crippen molar-refractivity contribution >= 4 is 53.8 Å². The molecule has 16 heavy (non-hydrogen) atoms. The second-order valence-corrected chi connectivity index (χ2v) is 21.3. The third-order valence-electron chi connectivity index (χ3n) is 0.972. The van der Waals surface area contributed by atoms with Crippen molar-refractivity contribution in [3.8, 4) is 0 Å². The molecular formula is C4H10Br2F3N2O2PSSi. The minimum absolute atomic E-state index is 1.81. The minimum atomic E-state index is -5.49. The molecule has 0 saturated carbocycles. The molecule has 0 aliphatic carbocycles. The standard InChI is InChI=1S/C4H10Br2F3N2O2PSSi/c1-16(2,3)11-14(5,6)10-15(12,13)4(7,8)9/h11H,1-3H3. The summed E-state index contributed by atoms with van der Waals surface area (Å²) in [6.45, 7) is 5.42. The molecule has 1 N–H and O–H groups in total. The molecule has 98 valence electrons. The molecule has 0 atom stereocenters. The van der Waals surface area contributed by atoms with Gasteiger partial charge in [-0.05, 0) is 31.0 Å². The van der Waals surface area contributed by atoms with Gasteiger partial charge in [-0.2, -0.15) is 21.6 Å². The van der Waals surface area contributed by atoms with Crippen LogP contribution in [0.1, 0.15) is 0 Å². The van der Waals surface area contributed by atoms with Crippen LogP contribution < -0.4 is 4.75 Å². The summed E-state index contributed by atoms with van der Waals surface area (Å²) in [5.74, 6) is 0. The summed E-state index contributed by atoms with van der Waals surface area (Å²) >= 11 is 5.70. The van der Waals surface area contributed by atoms with Gasteiger partial charge in [0.25, 0.3) is 0 Å². The first kappa shape index (κ1) is 17.1. The highest BCUT2D eigenvalue weighted by Crippen LogP contribution is 2.63. The Kier molecular flexibility index (Phi) is 5.35. The third-order valence-corrected chi connectivity index (χ3v) is 12.5. The van der Waals surface area contributed by atoms with Gasteiger partial charge in [-0.1, -0.05) is 19.6 Å². The lowest BCUT2D eigenvalue weighted by atomic mass is 11.6. The number of sulfonamides is 1. The second kappa shape index (κ2) is 5.00. The molecule has 0 heterocycles. The lowest BCUT2D eigenvalue weighted by Gasteiger charge is -2.22. The van der Waals surface area contributed by atoms with Crippen LogP contribution in [0.3, 0.4) is 0 Å². The van der Waals surface area contributed by atoms with Crippen molar-refractivity contribution in [2.75, 3.05) is 0 Å². The molecule has 12 heteroatoms. The summed E-state index contributed by atoms with van der Waals surface area (Å²) in [4.78, 5) is 0. The first-order valence-corrected chi connectivity index (χ1v) is 14.5. The Labute approximate surface area is 109 Å². The molecule has 0 aromatic rings. The van der Waals surface area contributed by atoms with Crippen molar-refractivity contribution in [3.05, 3.63) is 0 Å². The zero-order chi connectivity index (χ0) is 13.4. The predicted molar refractivity (Wildman–Crippen MR) is 68.7 cm³/mol. The van der Waals surface area contributed by atoms with E-state index in [4.69, 9.17) is 0 Å². The summed E-state index contributed by atoms with van der Waals surface area (Å²) in [7, 11) is -7.46. The van der Waals surface area contributed by atoms with Gasteiger partial charge in [-0.15, -0.1) is 4.15 Å². The Balaban J connectivity index is 5.34. The van der Waals surface area contributed by atoms with Crippen LogP contribution in [-0.4, -0.2) is 22.2 Å². The molecule has 0 aromatic carbocycles. The number of hydrogen-bond donors (Lipinski definition) is 1. The number of nitrogens with zero attached hydrogens (tertiary/aromatic N) is 1. The summed E-state index contributed by atoms with van der Waals surface area (Å²) in [5, 5.41) is 0. The van der Waals surface area contributed by atoms with Crippen molar-refractivity contribution in [1.82, 2.24) is 4.75 Å². The maximum absolute atomic E-state index is 12.1. The predicted octanol–water partition coefficient (Wildman–Crippen LogP) is 4.00. The minimum Gasteiger partial charge on any atom is -0.287 e. The van der Waals surface area contributed by atoms with E-state index < -0.39 is 28.4 Å². The highest BCUT2D eigenvalue weighted by atomic mass is 79.9. The number of rotatable bonds is 3. The van der Waals surface area contributed by atoms with Crippen LogP contribution in [0.4, 0.5) is 13.2 Å². The van der Waals surface area contributed by atoms with Crippen LogP contribution >= 0.6 is 35.6 Å². The molecule has 0 saturated heterocycles. The van der Waals surface area contributed by atoms with Crippen LogP contribution in [-0.2, 0) is 10.0 Å². The molecule has 0 aliphatic heterocycles. The van der Waals surface area contributed by atoms with Gasteiger partial charge in [0.1, 0.15) is 8.24 Å². The van der Waals surface area contributed by atoms with Crippen molar-refractivity contribution in [2.45, 2.75) is 25.1 Å². The average Bonchev–Trinajstić information content (AvgIpc) is 1.72. The van der Waals surface area contributed by atoms with Crippen molar-refractivity contribution in [2.24, 2.45) is 4.15 Å². The zero-order valence-corrected chi connectivity index (χ0v) is 14.4. The van der Waals surface area contributed by atoms with E-state index in [0.717, 1.165) is 0 Å². The molecule has 0 aliphatic rings. The molecule has 0 aromatic heterocycles. The fraction of sp³-hybridized carbons (Fsp3) is 1.00. The smallest absolute Gasteiger partial charge is 0.287 e. The molecule has 0 unspecified atom stereocenters. The SMILES string of the molecule is C[Si](C)(C)NP(Br)(Br)=NS(=O)(=O)C(F)(F)F. The van der Waals surface area contributed by atoms with Gasteiger partial charge in [-0.25, -0.2) is 0 Å². The van der Waals surface area contributed by atoms with Crippen molar-refractivity contribution < 1.29 is 21.6 Å². The van der Waals surface area contributed by atoms with Crippen LogP contribution in [0, 0.1) is 0 Å². The van der Waals surface area contributed by atoms with E-state index >= 15 is 0 Å². The summed E-state index contributed by atoms with van der Waals surface area (Å²) in [5.41, 5.74) is -5.37. The summed E-state index contributed by atoms with van der Waals surface area (Å²) in [6, 6.07) is 0. The monoisotopic (exact) mass is 424 g/mol. The Morgan fingerprint density at radius 3 is 1.88 bits per heavy atom. The number of nitrogens with one attached hydrogen (secondary N) is 1. The van der Waals surface area contributed by atoms with Crippen LogP contribution in [0.25, 0.3) is 0 Å². The van der Waals surface area contributed by atoms with Gasteiger partial charge < -0.3 is 0 Å². The number of alkyl halides is 3. The molecule has 4 nitrogen and oxygen atoms in total. The topological polar surface area (TPSA) is 58.5 Å². The van der Waals surface area contributed by atoms with Gasteiger partial charge in [-0.3, -0.25) is 4.75 Å². The lowest BCUT2D eigenvalue weighted by molar-refractivity contribution is -0.0434. The fourth-order valence-electron chi connectivity index (χ4n) is 0.605. The lowest BCUT2D eigenvalue weighted by Crippen LogP contribution is -2.36. The first-order chi connectivity index (χ1) is 6.66. The van der Waals surface area contributed by atoms with Crippen LogP contribution in [0.5, 0.6) is 0 Å². The Bertz CT molecular complexity index is 412. The van der Waals surface area contributed by atoms with E-state index in [2.05, 4.69) is 39.9 Å². The highest BCUT2D eigenvalue weighted by Gasteiger charge is 2.47. The van der Waals surface area contributed by atoms with E-state index in [0.29, 0.717) is 0 Å². The Morgan fingerprint density at radius 1 is 1.25 bits per heavy atom. The fourth-order valence-corrected chi connectivity index (χ4v) is 18.5. The third kappa shape index (κ3) is 6.15. The zero-order valence-electron chi connectivity index (χ0n) is 8.51. The summed E-state index contributed by atoms with van der Waals surface area (Å²) in [6.07, 6.45) is 0. The molecule has 0 radical (unpaired) electrons. The maximum atomic E-state index is 12.1. The molecule has 0 bridgehead atoms. The Morgan fingerprint density at radius 2 is 1.62 bits per heavy atom. The molecule has 0 amide bonds. The number of halogens is 5. The molecule has 0 rings (SSSR count). The van der Waals surface area contributed by atoms with E-state index in [1.165, 1.54) is 0 Å². The quantitative estimate of drug-likeness (QED) is 0.549. The van der Waals surface area contributed by atoms with Gasteiger partial charge in [0.15, 0.2) is 4.61 Å². The van der Waals surface area contributed by atoms with Crippen LogP contribution in [0.15, 0.2) is 4.15 Å². The van der Waals surface area contributed by atoms with Crippen molar-refractivity contribution in [3.63, 3.8) is 0 Å².